The standard InChI is InChI=1S/C26H26Cl2N4O5/c1-33-9-11-35-23-14-19-21(15-24(23)36-12-10-34-2)31-26(28)32-25(19)30-17-6-7-22(20(27)13-17)37-16-18-5-3-4-8-29-18/h3-8,13-15H,9-12,16H2,1-2H3,(H,30,31,32). The third-order valence-corrected chi connectivity index (χ3v) is 5.58. The summed E-state index contributed by atoms with van der Waals surface area (Å²) in [6, 6.07) is 14.6. The normalized spacial score (nSPS) is 10.9. The lowest BCUT2D eigenvalue weighted by atomic mass is 10.2. The van der Waals surface area contributed by atoms with Gasteiger partial charge in [0, 0.05) is 37.6 Å². The van der Waals surface area contributed by atoms with Crippen molar-refractivity contribution in [3.63, 3.8) is 0 Å². The third kappa shape index (κ3) is 7.33. The first-order valence-electron chi connectivity index (χ1n) is 11.4. The number of nitrogens with one attached hydrogen (secondary N) is 1. The summed E-state index contributed by atoms with van der Waals surface area (Å²) in [5.74, 6) is 2.05. The maximum Gasteiger partial charge on any atom is 0.224 e. The zero-order valence-electron chi connectivity index (χ0n) is 20.4. The molecule has 9 nitrogen and oxygen atoms in total. The molecule has 1 N–H and O–H groups in total. The van der Waals surface area contributed by atoms with Gasteiger partial charge in [0.05, 0.1) is 29.4 Å². The van der Waals surface area contributed by atoms with E-state index in [9.17, 15) is 0 Å². The van der Waals surface area contributed by atoms with E-state index in [1.165, 1.54) is 0 Å². The molecule has 0 fully saturated rings. The number of nitrogens with zero attached hydrogens (tertiary/aromatic N) is 3. The Balaban J connectivity index is 1.59. The Hall–Kier alpha value is -3.37. The SMILES string of the molecule is COCCOc1cc2nc(Cl)nc(Nc3ccc(OCc4ccccn4)c(Cl)c3)c2cc1OCCOC. The van der Waals surface area contributed by atoms with Gasteiger partial charge in [0.15, 0.2) is 11.5 Å². The molecule has 0 unspecified atom stereocenters. The molecule has 0 spiro atoms. The van der Waals surface area contributed by atoms with Gasteiger partial charge in [-0.15, -0.1) is 0 Å². The van der Waals surface area contributed by atoms with Gasteiger partial charge in [0.2, 0.25) is 5.28 Å². The van der Waals surface area contributed by atoms with Crippen molar-refractivity contribution in [3.8, 4) is 17.2 Å². The van der Waals surface area contributed by atoms with Crippen LogP contribution in [0, 0.1) is 0 Å². The Morgan fingerprint density at radius 2 is 1.54 bits per heavy atom. The lowest BCUT2D eigenvalue weighted by Crippen LogP contribution is -2.09. The molecule has 0 aliphatic carbocycles. The minimum atomic E-state index is 0.0762. The second kappa shape index (κ2) is 13.3. The summed E-state index contributed by atoms with van der Waals surface area (Å²) in [5.41, 5.74) is 2.07. The molecule has 37 heavy (non-hydrogen) atoms. The molecule has 4 rings (SSSR count). The number of benzene rings is 2. The highest BCUT2D eigenvalue weighted by Crippen LogP contribution is 2.37. The lowest BCUT2D eigenvalue weighted by molar-refractivity contribution is 0.132. The van der Waals surface area contributed by atoms with Gasteiger partial charge in [-0.25, -0.2) is 4.98 Å². The molecule has 0 atom stereocenters. The number of fused-ring (bicyclic) bond motifs is 1. The molecule has 2 aromatic carbocycles. The highest BCUT2D eigenvalue weighted by Gasteiger charge is 2.15. The van der Waals surface area contributed by atoms with Crippen molar-refractivity contribution in [1.82, 2.24) is 15.0 Å². The fourth-order valence-corrected chi connectivity index (χ4v) is 3.78. The monoisotopic (exact) mass is 544 g/mol. The van der Waals surface area contributed by atoms with E-state index in [1.807, 2.05) is 24.3 Å². The summed E-state index contributed by atoms with van der Waals surface area (Å²) < 4.78 is 27.8. The Kier molecular flexibility index (Phi) is 9.56. The molecule has 2 aromatic heterocycles. The first-order chi connectivity index (χ1) is 18.1. The van der Waals surface area contributed by atoms with Crippen molar-refractivity contribution in [2.45, 2.75) is 6.61 Å². The van der Waals surface area contributed by atoms with E-state index in [0.717, 1.165) is 5.69 Å². The van der Waals surface area contributed by atoms with Crippen molar-refractivity contribution < 1.29 is 23.7 Å². The predicted octanol–water partition coefficient (Wildman–Crippen LogP) is 5.70. The quantitative estimate of drug-likeness (QED) is 0.168. The number of methoxy groups -OCH3 is 2. The zero-order chi connectivity index (χ0) is 26.0. The molecular weight excluding hydrogens is 519 g/mol. The van der Waals surface area contributed by atoms with Crippen LogP contribution in [0.15, 0.2) is 54.7 Å². The minimum absolute atomic E-state index is 0.0762. The molecule has 0 bridgehead atoms. The molecule has 0 radical (unpaired) electrons. The molecule has 194 valence electrons. The van der Waals surface area contributed by atoms with Crippen LogP contribution >= 0.6 is 23.2 Å². The van der Waals surface area contributed by atoms with Gasteiger partial charge in [-0.05, 0) is 48.0 Å². The lowest BCUT2D eigenvalue weighted by Gasteiger charge is -2.16. The van der Waals surface area contributed by atoms with Gasteiger partial charge >= 0.3 is 0 Å². The fourth-order valence-electron chi connectivity index (χ4n) is 3.37. The van der Waals surface area contributed by atoms with E-state index < -0.39 is 0 Å². The van der Waals surface area contributed by atoms with E-state index in [4.69, 9.17) is 46.9 Å². The first-order valence-corrected chi connectivity index (χ1v) is 12.2. The van der Waals surface area contributed by atoms with Crippen LogP contribution in [0.3, 0.4) is 0 Å². The summed E-state index contributed by atoms with van der Waals surface area (Å²) >= 11 is 12.7. The zero-order valence-corrected chi connectivity index (χ0v) is 21.9. The second-order valence-corrected chi connectivity index (χ2v) is 8.47. The Morgan fingerprint density at radius 1 is 0.784 bits per heavy atom. The third-order valence-electron chi connectivity index (χ3n) is 5.12. The van der Waals surface area contributed by atoms with Crippen molar-refractivity contribution in [2.24, 2.45) is 0 Å². The van der Waals surface area contributed by atoms with Crippen LogP contribution in [0.5, 0.6) is 17.2 Å². The van der Waals surface area contributed by atoms with Crippen molar-refractivity contribution in [3.05, 3.63) is 70.7 Å². The van der Waals surface area contributed by atoms with Crippen LogP contribution < -0.4 is 19.5 Å². The van der Waals surface area contributed by atoms with Crippen LogP contribution in [-0.4, -0.2) is 55.6 Å². The number of pyridine rings is 1. The van der Waals surface area contributed by atoms with E-state index in [1.54, 1.807) is 44.7 Å². The largest absolute Gasteiger partial charge is 0.487 e. The van der Waals surface area contributed by atoms with Crippen LogP contribution in [0.2, 0.25) is 10.3 Å². The molecule has 0 aliphatic rings. The summed E-state index contributed by atoms with van der Waals surface area (Å²) in [5, 5.41) is 4.46. The fraction of sp³-hybridized carbons (Fsp3) is 0.269. The van der Waals surface area contributed by atoms with Crippen LogP contribution in [0.1, 0.15) is 5.69 Å². The van der Waals surface area contributed by atoms with E-state index >= 15 is 0 Å². The maximum absolute atomic E-state index is 6.49. The second-order valence-electron chi connectivity index (χ2n) is 7.72. The average Bonchev–Trinajstić information content (AvgIpc) is 2.89. The molecule has 0 aliphatic heterocycles. The van der Waals surface area contributed by atoms with Crippen LogP contribution in [-0.2, 0) is 16.1 Å². The van der Waals surface area contributed by atoms with Gasteiger partial charge in [-0.3, -0.25) is 4.98 Å². The van der Waals surface area contributed by atoms with Crippen LogP contribution in [0.25, 0.3) is 10.9 Å². The van der Waals surface area contributed by atoms with Crippen molar-refractivity contribution in [1.29, 1.82) is 0 Å². The number of hydrogen-bond donors (Lipinski definition) is 1. The summed E-state index contributed by atoms with van der Waals surface area (Å²) in [6.45, 7) is 1.84. The minimum Gasteiger partial charge on any atom is -0.487 e. The topological polar surface area (TPSA) is 96.9 Å². The summed E-state index contributed by atoms with van der Waals surface area (Å²) in [6.07, 6.45) is 1.72. The van der Waals surface area contributed by atoms with Crippen molar-refractivity contribution >= 4 is 45.6 Å². The van der Waals surface area contributed by atoms with Gasteiger partial charge in [0.1, 0.15) is 31.4 Å². The number of aromatic nitrogens is 3. The highest BCUT2D eigenvalue weighted by atomic mass is 35.5. The van der Waals surface area contributed by atoms with Gasteiger partial charge in [0.25, 0.3) is 0 Å². The van der Waals surface area contributed by atoms with E-state index in [-0.39, 0.29) is 5.28 Å². The van der Waals surface area contributed by atoms with Gasteiger partial charge < -0.3 is 29.0 Å². The number of rotatable bonds is 13. The molecule has 0 saturated heterocycles. The number of ether oxygens (including phenoxy) is 5. The Bertz CT molecular complexity index is 1330. The van der Waals surface area contributed by atoms with Gasteiger partial charge in [-0.1, -0.05) is 17.7 Å². The molecule has 11 heteroatoms. The Morgan fingerprint density at radius 3 is 2.22 bits per heavy atom. The smallest absolute Gasteiger partial charge is 0.224 e. The molecular formula is C26H26Cl2N4O5. The van der Waals surface area contributed by atoms with Crippen molar-refractivity contribution in [2.75, 3.05) is 46.0 Å². The van der Waals surface area contributed by atoms with Crippen LogP contribution in [0.4, 0.5) is 11.5 Å². The molecule has 0 amide bonds. The average molecular weight is 545 g/mol. The molecule has 0 saturated carbocycles. The van der Waals surface area contributed by atoms with Gasteiger partial charge in [-0.2, -0.15) is 4.98 Å². The number of anilines is 2. The van der Waals surface area contributed by atoms with E-state index in [0.29, 0.717) is 77.7 Å². The first kappa shape index (κ1) is 26.7. The summed E-state index contributed by atoms with van der Waals surface area (Å²) in [7, 11) is 3.22. The number of hydrogen-bond acceptors (Lipinski definition) is 9. The van der Waals surface area contributed by atoms with E-state index in [2.05, 4.69) is 20.3 Å². The highest BCUT2D eigenvalue weighted by molar-refractivity contribution is 6.32. The maximum atomic E-state index is 6.49. The molecule has 4 aromatic rings. The summed E-state index contributed by atoms with van der Waals surface area (Å²) in [4.78, 5) is 13.0. The predicted molar refractivity (Wildman–Crippen MR) is 143 cm³/mol. The molecule has 2 heterocycles. The number of halogens is 2. The Labute approximate surface area is 224 Å².